The predicted molar refractivity (Wildman–Crippen MR) is 65.8 cm³/mol. The lowest BCUT2D eigenvalue weighted by Gasteiger charge is -2.03. The number of benzene rings is 2. The van der Waals surface area contributed by atoms with E-state index < -0.39 is 0 Å². The number of terminal acetylenes is 1. The van der Waals surface area contributed by atoms with Crippen molar-refractivity contribution in [1.82, 2.24) is 0 Å². The number of hydrogen-bond acceptors (Lipinski definition) is 2. The molecule has 2 nitrogen and oxygen atoms in total. The molecule has 0 saturated heterocycles. The number of ether oxygens (including phenoxy) is 1. The molecule has 0 aromatic heterocycles. The van der Waals surface area contributed by atoms with Crippen LogP contribution in [0, 0.1) is 12.3 Å². The van der Waals surface area contributed by atoms with Crippen molar-refractivity contribution < 1.29 is 9.53 Å². The highest BCUT2D eigenvalue weighted by Gasteiger charge is 2.07. The number of carbonyl (C=O) groups excluding carboxylic acids is 1. The number of carbonyl (C=O) groups is 1. The molecular formula is C15H10O2. The summed E-state index contributed by atoms with van der Waals surface area (Å²) < 4.78 is 5.18. The number of hydrogen-bond donors (Lipinski definition) is 0. The molecular weight excluding hydrogens is 212 g/mol. The van der Waals surface area contributed by atoms with Crippen LogP contribution in [0.3, 0.4) is 0 Å². The molecule has 17 heavy (non-hydrogen) atoms. The van der Waals surface area contributed by atoms with E-state index in [9.17, 15) is 4.79 Å². The monoisotopic (exact) mass is 222 g/mol. The zero-order valence-corrected chi connectivity index (χ0v) is 9.09. The first-order valence-electron chi connectivity index (χ1n) is 5.13. The van der Waals surface area contributed by atoms with Crippen LogP contribution >= 0.6 is 0 Å². The highest BCUT2D eigenvalue weighted by Crippen LogP contribution is 2.12. The van der Waals surface area contributed by atoms with Crippen molar-refractivity contribution in [2.45, 2.75) is 0 Å². The van der Waals surface area contributed by atoms with E-state index in [1.54, 1.807) is 36.4 Å². The summed E-state index contributed by atoms with van der Waals surface area (Å²) in [6, 6.07) is 15.7. The van der Waals surface area contributed by atoms with Gasteiger partial charge in [-0.05, 0) is 36.4 Å². The van der Waals surface area contributed by atoms with Crippen molar-refractivity contribution in [3.05, 3.63) is 65.7 Å². The third kappa shape index (κ3) is 2.73. The van der Waals surface area contributed by atoms with Crippen LogP contribution in [0.2, 0.25) is 0 Å². The third-order valence-electron chi connectivity index (χ3n) is 2.24. The zero-order valence-electron chi connectivity index (χ0n) is 9.09. The first-order chi connectivity index (χ1) is 8.29. The Labute approximate surface area is 99.9 Å². The first-order valence-corrected chi connectivity index (χ1v) is 5.13. The highest BCUT2D eigenvalue weighted by molar-refractivity contribution is 5.91. The highest BCUT2D eigenvalue weighted by atomic mass is 16.5. The number of esters is 1. The molecule has 0 radical (unpaired) electrons. The lowest BCUT2D eigenvalue weighted by atomic mass is 10.1. The molecule has 0 saturated carbocycles. The van der Waals surface area contributed by atoms with E-state index in [2.05, 4.69) is 5.92 Å². The SMILES string of the molecule is C#Cc1ccc(C(=O)Oc2ccccc2)cc1. The summed E-state index contributed by atoms with van der Waals surface area (Å²) in [4.78, 5) is 11.7. The largest absolute Gasteiger partial charge is 0.423 e. The van der Waals surface area contributed by atoms with Gasteiger partial charge in [0.1, 0.15) is 5.75 Å². The molecule has 2 rings (SSSR count). The summed E-state index contributed by atoms with van der Waals surface area (Å²) in [6.07, 6.45) is 5.23. The van der Waals surface area contributed by atoms with Gasteiger partial charge in [-0.2, -0.15) is 0 Å². The van der Waals surface area contributed by atoms with Crippen LogP contribution in [0.5, 0.6) is 5.75 Å². The Balaban J connectivity index is 2.13. The molecule has 2 heteroatoms. The molecule has 0 atom stereocenters. The number of rotatable bonds is 2. The smallest absolute Gasteiger partial charge is 0.343 e. The van der Waals surface area contributed by atoms with Crippen molar-refractivity contribution in [1.29, 1.82) is 0 Å². The molecule has 0 N–H and O–H groups in total. The van der Waals surface area contributed by atoms with E-state index >= 15 is 0 Å². The van der Waals surface area contributed by atoms with Gasteiger partial charge in [0, 0.05) is 5.56 Å². The zero-order chi connectivity index (χ0) is 12.1. The summed E-state index contributed by atoms with van der Waals surface area (Å²) in [5.41, 5.74) is 1.22. The van der Waals surface area contributed by atoms with Crippen LogP contribution in [0.25, 0.3) is 0 Å². The van der Waals surface area contributed by atoms with Gasteiger partial charge in [0.2, 0.25) is 0 Å². The van der Waals surface area contributed by atoms with Crippen LogP contribution in [0.1, 0.15) is 15.9 Å². The van der Waals surface area contributed by atoms with Crippen LogP contribution < -0.4 is 4.74 Å². The average molecular weight is 222 g/mol. The van der Waals surface area contributed by atoms with Crippen LogP contribution in [-0.2, 0) is 0 Å². The predicted octanol–water partition coefficient (Wildman–Crippen LogP) is 2.89. The van der Waals surface area contributed by atoms with E-state index in [0.29, 0.717) is 11.3 Å². The Kier molecular flexibility index (Phi) is 3.23. The maximum atomic E-state index is 11.7. The molecule has 0 aliphatic rings. The molecule has 0 bridgehead atoms. The second-order valence-electron chi connectivity index (χ2n) is 3.42. The van der Waals surface area contributed by atoms with Gasteiger partial charge in [0.15, 0.2) is 0 Å². The Hall–Kier alpha value is -2.53. The minimum absolute atomic E-state index is 0.389. The maximum absolute atomic E-state index is 11.7. The molecule has 0 spiro atoms. The van der Waals surface area contributed by atoms with Crippen LogP contribution in [0.4, 0.5) is 0 Å². The van der Waals surface area contributed by atoms with E-state index in [1.165, 1.54) is 0 Å². The summed E-state index contributed by atoms with van der Waals surface area (Å²) >= 11 is 0. The lowest BCUT2D eigenvalue weighted by molar-refractivity contribution is 0.0735. The number of para-hydroxylation sites is 1. The molecule has 0 aliphatic heterocycles. The minimum Gasteiger partial charge on any atom is -0.423 e. The second-order valence-corrected chi connectivity index (χ2v) is 3.42. The van der Waals surface area contributed by atoms with Crippen LogP contribution in [-0.4, -0.2) is 5.97 Å². The van der Waals surface area contributed by atoms with E-state index in [4.69, 9.17) is 11.2 Å². The maximum Gasteiger partial charge on any atom is 0.343 e. The lowest BCUT2D eigenvalue weighted by Crippen LogP contribution is -2.08. The summed E-state index contributed by atoms with van der Waals surface area (Å²) in [6.45, 7) is 0. The second kappa shape index (κ2) is 5.00. The molecule has 0 unspecified atom stereocenters. The standard InChI is InChI=1S/C15H10O2/c1-2-12-8-10-13(11-9-12)15(16)17-14-6-4-3-5-7-14/h1,3-11H. The fraction of sp³-hybridized carbons (Fsp3) is 0. The van der Waals surface area contributed by atoms with Gasteiger partial charge in [-0.1, -0.05) is 24.1 Å². The van der Waals surface area contributed by atoms with Gasteiger partial charge in [0.05, 0.1) is 5.56 Å². The van der Waals surface area contributed by atoms with Crippen molar-refractivity contribution in [3.8, 4) is 18.1 Å². The quantitative estimate of drug-likeness (QED) is 0.443. The van der Waals surface area contributed by atoms with Crippen molar-refractivity contribution in [3.63, 3.8) is 0 Å². The Morgan fingerprint density at radius 2 is 1.65 bits per heavy atom. The Morgan fingerprint density at radius 1 is 1.00 bits per heavy atom. The fourth-order valence-corrected chi connectivity index (χ4v) is 1.36. The Morgan fingerprint density at radius 3 is 2.24 bits per heavy atom. The molecule has 0 fully saturated rings. The average Bonchev–Trinajstić information content (AvgIpc) is 2.40. The van der Waals surface area contributed by atoms with Gasteiger partial charge in [-0.3, -0.25) is 0 Å². The minimum atomic E-state index is -0.389. The van der Waals surface area contributed by atoms with Gasteiger partial charge < -0.3 is 4.74 Å². The molecule has 2 aromatic rings. The van der Waals surface area contributed by atoms with Gasteiger partial charge in [-0.15, -0.1) is 6.42 Å². The topological polar surface area (TPSA) is 26.3 Å². The van der Waals surface area contributed by atoms with Gasteiger partial charge in [0.25, 0.3) is 0 Å². The van der Waals surface area contributed by atoms with Crippen LogP contribution in [0.15, 0.2) is 54.6 Å². The fourth-order valence-electron chi connectivity index (χ4n) is 1.36. The molecule has 82 valence electrons. The summed E-state index contributed by atoms with van der Waals surface area (Å²) in [5.74, 6) is 2.63. The summed E-state index contributed by atoms with van der Waals surface area (Å²) in [5, 5.41) is 0. The third-order valence-corrected chi connectivity index (χ3v) is 2.24. The van der Waals surface area contributed by atoms with E-state index in [1.807, 2.05) is 18.2 Å². The van der Waals surface area contributed by atoms with Gasteiger partial charge >= 0.3 is 5.97 Å². The van der Waals surface area contributed by atoms with E-state index in [-0.39, 0.29) is 5.97 Å². The molecule has 2 aromatic carbocycles. The Bertz CT molecular complexity index is 548. The molecule has 0 aliphatic carbocycles. The normalized spacial score (nSPS) is 9.35. The summed E-state index contributed by atoms with van der Waals surface area (Å²) in [7, 11) is 0. The van der Waals surface area contributed by atoms with Gasteiger partial charge in [-0.25, -0.2) is 4.79 Å². The van der Waals surface area contributed by atoms with Crippen molar-refractivity contribution in [2.75, 3.05) is 0 Å². The molecule has 0 amide bonds. The molecule has 0 heterocycles. The van der Waals surface area contributed by atoms with Crippen molar-refractivity contribution >= 4 is 5.97 Å². The van der Waals surface area contributed by atoms with E-state index in [0.717, 1.165) is 5.56 Å². The first kappa shape index (κ1) is 11.0. The van der Waals surface area contributed by atoms with Crippen molar-refractivity contribution in [2.24, 2.45) is 0 Å².